The van der Waals surface area contributed by atoms with Gasteiger partial charge in [-0.2, -0.15) is 0 Å². The van der Waals surface area contributed by atoms with Gasteiger partial charge in [0.2, 0.25) is 0 Å². The second-order valence-corrected chi connectivity index (χ2v) is 15.8. The fourth-order valence-electron chi connectivity index (χ4n) is 9.82. The maximum atomic E-state index is 2.54. The number of anilines is 6. The van der Waals surface area contributed by atoms with Gasteiger partial charge in [-0.05, 0) is 114 Å². The van der Waals surface area contributed by atoms with E-state index in [2.05, 4.69) is 228 Å². The first-order chi connectivity index (χ1) is 29.2. The zero-order chi connectivity index (χ0) is 39.0. The predicted octanol–water partition coefficient (Wildman–Crippen LogP) is 15.6. The highest BCUT2D eigenvalue weighted by atomic mass is 15.3. The Labute approximate surface area is 342 Å². The molecule has 0 spiro atoms. The number of rotatable bonds is 8. The largest absolute Gasteiger partial charge is 0.309 e. The van der Waals surface area contributed by atoms with Gasteiger partial charge in [0.25, 0.3) is 0 Å². The summed E-state index contributed by atoms with van der Waals surface area (Å²) in [6.07, 6.45) is 0. The van der Waals surface area contributed by atoms with Gasteiger partial charge in [-0.25, -0.2) is 0 Å². The minimum absolute atomic E-state index is 0.670. The molecule has 0 aliphatic carbocycles. The van der Waals surface area contributed by atoms with E-state index < -0.39 is 0 Å². The molecule has 0 saturated heterocycles. The van der Waals surface area contributed by atoms with Crippen molar-refractivity contribution in [2.75, 3.05) is 9.80 Å². The molecule has 0 N–H and O–H groups in total. The van der Waals surface area contributed by atoms with Gasteiger partial charge in [0, 0.05) is 22.1 Å². The van der Waals surface area contributed by atoms with Crippen molar-refractivity contribution >= 4 is 99.0 Å². The van der Waals surface area contributed by atoms with Gasteiger partial charge in [0.05, 0.1) is 17.9 Å². The SMILES string of the molecule is Cc1cc(N(c2ccccc2)c2ccc3ccc4cccc5ccc2c3c45)n(Cc2ccccc2)c1N(c1ccccc1)c1ccc2ccc3cccc4ccc1c2c34. The number of benzene rings is 11. The van der Waals surface area contributed by atoms with Gasteiger partial charge >= 0.3 is 0 Å². The molecule has 12 aromatic rings. The topological polar surface area (TPSA) is 11.4 Å². The second-order valence-electron chi connectivity index (χ2n) is 15.8. The Hall–Kier alpha value is -7.62. The van der Waals surface area contributed by atoms with Crippen LogP contribution in [-0.2, 0) is 6.54 Å². The molecule has 1 heterocycles. The Morgan fingerprint density at radius 1 is 0.373 bits per heavy atom. The number of para-hydroxylation sites is 2. The molecule has 0 atom stereocenters. The fourth-order valence-corrected chi connectivity index (χ4v) is 9.82. The zero-order valence-electron chi connectivity index (χ0n) is 32.7. The zero-order valence-corrected chi connectivity index (χ0v) is 32.7. The third-order valence-corrected chi connectivity index (χ3v) is 12.4. The standard InChI is InChI=1S/C56H39N3/c1-37-35-51(58(45-19-7-3-8-20-45)49-33-29-43-25-23-39-15-11-17-41-27-31-47(49)54(43)52(39)41)57(36-38-13-5-2-6-14-38)56(37)59(46-21-9-4-10-22-46)50-34-30-44-26-24-40-16-12-18-42-28-32-48(50)55(44)53(40)42/h2-35H,36H2,1H3. The molecule has 0 saturated carbocycles. The van der Waals surface area contributed by atoms with E-state index in [4.69, 9.17) is 0 Å². The molecule has 0 unspecified atom stereocenters. The minimum Gasteiger partial charge on any atom is -0.309 e. The van der Waals surface area contributed by atoms with Crippen molar-refractivity contribution < 1.29 is 0 Å². The molecule has 0 radical (unpaired) electrons. The Balaban J connectivity index is 1.17. The maximum Gasteiger partial charge on any atom is 0.122 e. The normalized spacial score (nSPS) is 11.9. The lowest BCUT2D eigenvalue weighted by atomic mass is 9.93. The third kappa shape index (κ3) is 5.21. The number of aromatic nitrogens is 1. The second kappa shape index (κ2) is 13.2. The lowest BCUT2D eigenvalue weighted by Crippen LogP contribution is -2.20. The van der Waals surface area contributed by atoms with Crippen molar-refractivity contribution in [3.63, 3.8) is 0 Å². The lowest BCUT2D eigenvalue weighted by molar-refractivity contribution is 0.797. The first-order valence-corrected chi connectivity index (χ1v) is 20.5. The van der Waals surface area contributed by atoms with Crippen LogP contribution in [-0.4, -0.2) is 4.57 Å². The summed E-state index contributed by atoms with van der Waals surface area (Å²) in [5.41, 5.74) is 6.93. The Kier molecular flexibility index (Phi) is 7.51. The molecule has 0 bridgehead atoms. The van der Waals surface area contributed by atoms with Crippen LogP contribution in [0.1, 0.15) is 11.1 Å². The van der Waals surface area contributed by atoms with E-state index in [1.54, 1.807) is 0 Å². The quantitative estimate of drug-likeness (QED) is 0.143. The summed E-state index contributed by atoms with van der Waals surface area (Å²) in [6.45, 7) is 2.95. The van der Waals surface area contributed by atoms with Crippen molar-refractivity contribution in [3.05, 3.63) is 217 Å². The molecule has 0 fully saturated rings. The van der Waals surface area contributed by atoms with Crippen LogP contribution in [0.2, 0.25) is 0 Å². The van der Waals surface area contributed by atoms with Crippen LogP contribution in [0.15, 0.2) is 206 Å². The van der Waals surface area contributed by atoms with Crippen molar-refractivity contribution in [3.8, 4) is 0 Å². The molecule has 3 heteroatoms. The van der Waals surface area contributed by atoms with E-state index in [0.29, 0.717) is 6.54 Å². The molecular formula is C56H39N3. The summed E-state index contributed by atoms with van der Waals surface area (Å²) in [4.78, 5) is 4.99. The highest BCUT2D eigenvalue weighted by Crippen LogP contribution is 2.50. The van der Waals surface area contributed by atoms with Crippen LogP contribution in [0.3, 0.4) is 0 Å². The van der Waals surface area contributed by atoms with Crippen LogP contribution >= 0.6 is 0 Å². The highest BCUT2D eigenvalue weighted by molar-refractivity contribution is 6.27. The predicted molar refractivity (Wildman–Crippen MR) is 251 cm³/mol. The van der Waals surface area contributed by atoms with Gasteiger partial charge in [-0.15, -0.1) is 0 Å². The molecule has 0 aliphatic heterocycles. The average Bonchev–Trinajstić information content (AvgIpc) is 3.60. The Bertz CT molecular complexity index is 3450. The number of hydrogen-bond acceptors (Lipinski definition) is 2. The molecular weight excluding hydrogens is 715 g/mol. The van der Waals surface area contributed by atoms with E-state index >= 15 is 0 Å². The molecule has 3 nitrogen and oxygen atoms in total. The summed E-state index contributed by atoms with van der Waals surface area (Å²) in [5.74, 6) is 2.23. The first-order valence-electron chi connectivity index (χ1n) is 20.5. The van der Waals surface area contributed by atoms with Gasteiger partial charge in [0.1, 0.15) is 11.6 Å². The molecule has 0 amide bonds. The van der Waals surface area contributed by atoms with Gasteiger partial charge < -0.3 is 4.57 Å². The summed E-state index contributed by atoms with van der Waals surface area (Å²) < 4.78 is 2.54. The fraction of sp³-hybridized carbons (Fsp3) is 0.0357. The number of hydrogen-bond donors (Lipinski definition) is 0. The molecule has 11 aromatic carbocycles. The monoisotopic (exact) mass is 753 g/mol. The number of nitrogens with zero attached hydrogens (tertiary/aromatic N) is 3. The van der Waals surface area contributed by atoms with Crippen molar-refractivity contribution in [2.45, 2.75) is 13.5 Å². The van der Waals surface area contributed by atoms with E-state index in [1.807, 2.05) is 0 Å². The van der Waals surface area contributed by atoms with E-state index in [-0.39, 0.29) is 0 Å². The summed E-state index contributed by atoms with van der Waals surface area (Å²) in [5, 5.41) is 15.3. The van der Waals surface area contributed by atoms with Crippen molar-refractivity contribution in [1.29, 1.82) is 0 Å². The van der Waals surface area contributed by atoms with Crippen molar-refractivity contribution in [1.82, 2.24) is 4.57 Å². The summed E-state index contributed by atoms with van der Waals surface area (Å²) >= 11 is 0. The van der Waals surface area contributed by atoms with E-state index in [9.17, 15) is 0 Å². The lowest BCUT2D eigenvalue weighted by Gasteiger charge is -2.32. The number of aryl methyl sites for hydroxylation is 1. The molecule has 12 rings (SSSR count). The summed E-state index contributed by atoms with van der Waals surface area (Å²) in [6, 6.07) is 75.9. The van der Waals surface area contributed by atoms with Crippen LogP contribution < -0.4 is 9.80 Å². The molecule has 59 heavy (non-hydrogen) atoms. The highest BCUT2D eigenvalue weighted by Gasteiger charge is 2.28. The maximum absolute atomic E-state index is 2.54. The van der Waals surface area contributed by atoms with Gasteiger partial charge in [-0.1, -0.05) is 164 Å². The third-order valence-electron chi connectivity index (χ3n) is 12.4. The van der Waals surface area contributed by atoms with Crippen LogP contribution in [0.5, 0.6) is 0 Å². The Morgan fingerprint density at radius 3 is 1.29 bits per heavy atom. The summed E-state index contributed by atoms with van der Waals surface area (Å²) in [7, 11) is 0. The van der Waals surface area contributed by atoms with Crippen LogP contribution in [0, 0.1) is 6.92 Å². The van der Waals surface area contributed by atoms with Crippen LogP contribution in [0.4, 0.5) is 34.4 Å². The Morgan fingerprint density at radius 2 is 0.780 bits per heavy atom. The van der Waals surface area contributed by atoms with Crippen LogP contribution in [0.25, 0.3) is 64.6 Å². The van der Waals surface area contributed by atoms with E-state index in [0.717, 1.165) is 34.4 Å². The smallest absolute Gasteiger partial charge is 0.122 e. The molecule has 278 valence electrons. The van der Waals surface area contributed by atoms with Crippen molar-refractivity contribution in [2.24, 2.45) is 0 Å². The average molecular weight is 754 g/mol. The minimum atomic E-state index is 0.670. The van der Waals surface area contributed by atoms with E-state index in [1.165, 1.54) is 75.8 Å². The van der Waals surface area contributed by atoms with Gasteiger partial charge in [-0.3, -0.25) is 9.80 Å². The van der Waals surface area contributed by atoms with Gasteiger partial charge in [0.15, 0.2) is 0 Å². The first kappa shape index (κ1) is 33.5. The molecule has 0 aliphatic rings. The molecule has 1 aromatic heterocycles.